The number of anilines is 1. The van der Waals surface area contributed by atoms with E-state index in [9.17, 15) is 0 Å². The fraction of sp³-hybridized carbons (Fsp3) is 0.143. The van der Waals surface area contributed by atoms with Gasteiger partial charge in [-0.1, -0.05) is 12.1 Å². The lowest BCUT2D eigenvalue weighted by Crippen LogP contribution is -2.02. The average molecular weight is 239 g/mol. The second kappa shape index (κ2) is 5.69. The van der Waals surface area contributed by atoms with E-state index in [0.717, 1.165) is 17.0 Å². The number of ether oxygens (including phenoxy) is 1. The van der Waals surface area contributed by atoms with Crippen LogP contribution in [0.2, 0.25) is 0 Å². The fourth-order valence-corrected chi connectivity index (χ4v) is 1.61. The molecule has 90 valence electrons. The summed E-state index contributed by atoms with van der Waals surface area (Å²) in [5, 5.41) is 12.2. The summed E-state index contributed by atoms with van der Waals surface area (Å²) in [6.45, 7) is 0.559. The van der Waals surface area contributed by atoms with Crippen LogP contribution in [0.25, 0.3) is 0 Å². The lowest BCUT2D eigenvalue weighted by Gasteiger charge is -2.08. The summed E-state index contributed by atoms with van der Waals surface area (Å²) < 4.78 is 5.15. The van der Waals surface area contributed by atoms with Crippen LogP contribution in [0.15, 0.2) is 42.6 Å². The van der Waals surface area contributed by atoms with E-state index in [-0.39, 0.29) is 0 Å². The molecule has 1 aromatic carbocycles. The molecule has 2 rings (SSSR count). The van der Waals surface area contributed by atoms with Gasteiger partial charge in [0.15, 0.2) is 0 Å². The molecule has 0 amide bonds. The van der Waals surface area contributed by atoms with Crippen molar-refractivity contribution in [3.05, 3.63) is 53.9 Å². The highest BCUT2D eigenvalue weighted by molar-refractivity contribution is 5.49. The predicted octanol–water partition coefficient (Wildman–Crippen LogP) is 2.57. The van der Waals surface area contributed by atoms with E-state index < -0.39 is 0 Å². The maximum atomic E-state index is 8.94. The van der Waals surface area contributed by atoms with Crippen molar-refractivity contribution >= 4 is 5.69 Å². The third-order valence-electron chi connectivity index (χ3n) is 2.55. The van der Waals surface area contributed by atoms with Crippen LogP contribution in [0.3, 0.4) is 0 Å². The van der Waals surface area contributed by atoms with Crippen LogP contribution >= 0.6 is 0 Å². The number of pyridine rings is 1. The van der Waals surface area contributed by atoms with E-state index in [1.165, 1.54) is 0 Å². The number of benzene rings is 1. The smallest absolute Gasteiger partial charge is 0.145 e. The molecule has 0 aliphatic carbocycles. The van der Waals surface area contributed by atoms with E-state index in [1.807, 2.05) is 36.4 Å². The van der Waals surface area contributed by atoms with Crippen molar-refractivity contribution < 1.29 is 4.74 Å². The highest BCUT2D eigenvalue weighted by Gasteiger charge is 2.02. The molecule has 0 aliphatic rings. The standard InChI is InChI=1S/C14H13N3O/c1-18-13-6-2-5-12(8-13)17-10-11-4-3-7-16-14(11)9-15/h2-8,17H,10H2,1H3. The minimum atomic E-state index is 0.452. The van der Waals surface area contributed by atoms with E-state index in [2.05, 4.69) is 16.4 Å². The summed E-state index contributed by atoms with van der Waals surface area (Å²) in [4.78, 5) is 4.02. The van der Waals surface area contributed by atoms with Crippen molar-refractivity contribution in [3.63, 3.8) is 0 Å². The molecular formula is C14H13N3O. The Kier molecular flexibility index (Phi) is 3.77. The lowest BCUT2D eigenvalue weighted by atomic mass is 10.2. The molecule has 4 heteroatoms. The molecule has 0 aliphatic heterocycles. The minimum Gasteiger partial charge on any atom is -0.497 e. The largest absolute Gasteiger partial charge is 0.497 e. The zero-order chi connectivity index (χ0) is 12.8. The molecule has 0 radical (unpaired) electrons. The van der Waals surface area contributed by atoms with Crippen molar-refractivity contribution in [1.82, 2.24) is 4.98 Å². The van der Waals surface area contributed by atoms with Gasteiger partial charge < -0.3 is 10.1 Å². The molecule has 1 N–H and O–H groups in total. The topological polar surface area (TPSA) is 57.9 Å². The fourth-order valence-electron chi connectivity index (χ4n) is 1.61. The zero-order valence-corrected chi connectivity index (χ0v) is 10.1. The molecule has 2 aromatic rings. The molecule has 0 atom stereocenters. The SMILES string of the molecule is COc1cccc(NCc2cccnc2C#N)c1. The van der Waals surface area contributed by atoms with Crippen molar-refractivity contribution in [1.29, 1.82) is 5.26 Å². The third kappa shape index (κ3) is 2.77. The summed E-state index contributed by atoms with van der Waals surface area (Å²) in [6, 6.07) is 13.4. The number of hydrogen-bond donors (Lipinski definition) is 1. The van der Waals surface area contributed by atoms with E-state index in [1.54, 1.807) is 13.3 Å². The Bertz CT molecular complexity index is 575. The number of rotatable bonds is 4. The van der Waals surface area contributed by atoms with Gasteiger partial charge in [0.25, 0.3) is 0 Å². The zero-order valence-electron chi connectivity index (χ0n) is 10.1. The number of nitriles is 1. The van der Waals surface area contributed by atoms with Crippen LogP contribution in [0.4, 0.5) is 5.69 Å². The van der Waals surface area contributed by atoms with Crippen molar-refractivity contribution in [2.45, 2.75) is 6.54 Å². The molecule has 18 heavy (non-hydrogen) atoms. The average Bonchev–Trinajstić information content (AvgIpc) is 2.45. The Morgan fingerprint density at radius 2 is 2.22 bits per heavy atom. The van der Waals surface area contributed by atoms with E-state index in [0.29, 0.717) is 12.2 Å². The maximum absolute atomic E-state index is 8.94. The summed E-state index contributed by atoms with van der Waals surface area (Å²) in [6.07, 6.45) is 1.62. The molecule has 0 unspecified atom stereocenters. The summed E-state index contributed by atoms with van der Waals surface area (Å²) >= 11 is 0. The van der Waals surface area contributed by atoms with Gasteiger partial charge in [0.1, 0.15) is 17.5 Å². The Labute approximate surface area is 106 Å². The number of hydrogen-bond acceptors (Lipinski definition) is 4. The summed E-state index contributed by atoms with van der Waals surface area (Å²) in [5.41, 5.74) is 2.28. The van der Waals surface area contributed by atoms with Crippen molar-refractivity contribution in [2.24, 2.45) is 0 Å². The molecule has 1 heterocycles. The Hall–Kier alpha value is -2.54. The van der Waals surface area contributed by atoms with Gasteiger partial charge in [-0.3, -0.25) is 0 Å². The highest BCUT2D eigenvalue weighted by atomic mass is 16.5. The van der Waals surface area contributed by atoms with Gasteiger partial charge >= 0.3 is 0 Å². The number of methoxy groups -OCH3 is 1. The summed E-state index contributed by atoms with van der Waals surface area (Å²) in [7, 11) is 1.63. The van der Waals surface area contributed by atoms with Gasteiger partial charge in [0, 0.05) is 30.1 Å². The second-order valence-electron chi connectivity index (χ2n) is 3.71. The molecule has 0 bridgehead atoms. The van der Waals surface area contributed by atoms with Crippen molar-refractivity contribution in [3.8, 4) is 11.8 Å². The number of nitrogens with zero attached hydrogens (tertiary/aromatic N) is 2. The first-order chi connectivity index (χ1) is 8.83. The van der Waals surface area contributed by atoms with Crippen LogP contribution in [-0.4, -0.2) is 12.1 Å². The van der Waals surface area contributed by atoms with E-state index in [4.69, 9.17) is 10.00 Å². The van der Waals surface area contributed by atoms with E-state index >= 15 is 0 Å². The normalized spacial score (nSPS) is 9.56. The Morgan fingerprint density at radius 3 is 3.00 bits per heavy atom. The molecule has 0 saturated carbocycles. The second-order valence-corrected chi connectivity index (χ2v) is 3.71. The van der Waals surface area contributed by atoms with Crippen LogP contribution < -0.4 is 10.1 Å². The highest BCUT2D eigenvalue weighted by Crippen LogP contribution is 2.17. The predicted molar refractivity (Wildman–Crippen MR) is 69.3 cm³/mol. The van der Waals surface area contributed by atoms with Crippen LogP contribution in [-0.2, 0) is 6.54 Å². The van der Waals surface area contributed by atoms with Gasteiger partial charge in [-0.25, -0.2) is 4.98 Å². The van der Waals surface area contributed by atoms with Gasteiger partial charge in [-0.05, 0) is 18.2 Å². The molecule has 4 nitrogen and oxygen atoms in total. The van der Waals surface area contributed by atoms with Crippen LogP contribution in [0.5, 0.6) is 5.75 Å². The first-order valence-corrected chi connectivity index (χ1v) is 5.55. The molecule has 0 saturated heterocycles. The van der Waals surface area contributed by atoms with Gasteiger partial charge in [0.2, 0.25) is 0 Å². The summed E-state index contributed by atoms with van der Waals surface area (Å²) in [5.74, 6) is 0.798. The van der Waals surface area contributed by atoms with Crippen molar-refractivity contribution in [2.75, 3.05) is 12.4 Å². The quantitative estimate of drug-likeness (QED) is 0.890. The molecule has 0 spiro atoms. The Morgan fingerprint density at radius 1 is 1.33 bits per heavy atom. The number of aromatic nitrogens is 1. The molecule has 1 aromatic heterocycles. The van der Waals surface area contributed by atoms with Gasteiger partial charge in [-0.15, -0.1) is 0 Å². The Balaban J connectivity index is 2.09. The molecular weight excluding hydrogens is 226 g/mol. The minimum absolute atomic E-state index is 0.452. The first kappa shape index (κ1) is 11.9. The van der Waals surface area contributed by atoms with Crippen LogP contribution in [0.1, 0.15) is 11.3 Å². The number of nitrogens with one attached hydrogen (secondary N) is 1. The van der Waals surface area contributed by atoms with Gasteiger partial charge in [-0.2, -0.15) is 5.26 Å². The molecule has 0 fully saturated rings. The third-order valence-corrected chi connectivity index (χ3v) is 2.55. The van der Waals surface area contributed by atoms with Gasteiger partial charge in [0.05, 0.1) is 7.11 Å². The maximum Gasteiger partial charge on any atom is 0.145 e. The monoisotopic (exact) mass is 239 g/mol. The lowest BCUT2D eigenvalue weighted by molar-refractivity contribution is 0.415. The first-order valence-electron chi connectivity index (χ1n) is 5.55. The van der Waals surface area contributed by atoms with Crippen LogP contribution in [0, 0.1) is 11.3 Å².